The maximum Gasteiger partial charge on any atom is 0.0805 e. The molecule has 0 spiro atoms. The first kappa shape index (κ1) is 16.7. The van der Waals surface area contributed by atoms with Gasteiger partial charge in [-0.3, -0.25) is 0 Å². The topological polar surface area (TPSA) is 46.2 Å². The highest BCUT2D eigenvalue weighted by molar-refractivity contribution is 6.30. The van der Waals surface area contributed by atoms with Gasteiger partial charge in [0.05, 0.1) is 6.10 Å². The Kier molecular flexibility index (Phi) is 6.49. The summed E-state index contributed by atoms with van der Waals surface area (Å²) >= 11 is 5.79. The van der Waals surface area contributed by atoms with Crippen molar-refractivity contribution < 1.29 is 5.11 Å². The average Bonchev–Trinajstić information content (AvgIpc) is 2.17. The second-order valence-electron chi connectivity index (χ2n) is 5.28. The highest BCUT2D eigenvalue weighted by atomic mass is 35.5. The molecule has 98 valence electrons. The van der Waals surface area contributed by atoms with Crippen molar-refractivity contribution >= 4 is 24.0 Å². The first-order valence-electron chi connectivity index (χ1n) is 5.50. The van der Waals surface area contributed by atoms with Gasteiger partial charge in [0.1, 0.15) is 0 Å². The molecule has 0 unspecified atom stereocenters. The number of aliphatic hydroxyl groups is 1. The lowest BCUT2D eigenvalue weighted by molar-refractivity contribution is 0.133. The molecular formula is C13H21Cl2NO. The number of halogens is 2. The highest BCUT2D eigenvalue weighted by Gasteiger charge is 2.23. The fraction of sp³-hybridized carbons (Fsp3) is 0.538. The van der Waals surface area contributed by atoms with Crippen LogP contribution >= 0.6 is 24.0 Å². The van der Waals surface area contributed by atoms with Crippen LogP contribution in [0.15, 0.2) is 24.3 Å². The molecule has 0 fully saturated rings. The molecule has 0 heterocycles. The number of nitrogens with two attached hydrogens (primary N) is 1. The molecule has 2 nitrogen and oxygen atoms in total. The van der Waals surface area contributed by atoms with Crippen LogP contribution in [0.2, 0.25) is 5.02 Å². The van der Waals surface area contributed by atoms with Crippen molar-refractivity contribution in [2.75, 3.05) is 0 Å². The van der Waals surface area contributed by atoms with E-state index in [9.17, 15) is 5.11 Å². The maximum atomic E-state index is 10.0. The third-order valence-electron chi connectivity index (χ3n) is 2.84. The second kappa shape index (κ2) is 6.60. The van der Waals surface area contributed by atoms with Crippen LogP contribution in [0.1, 0.15) is 38.9 Å². The van der Waals surface area contributed by atoms with Crippen molar-refractivity contribution in [3.63, 3.8) is 0 Å². The number of aliphatic hydroxyl groups excluding tert-OH is 1. The van der Waals surface area contributed by atoms with Crippen LogP contribution in [0.25, 0.3) is 0 Å². The Labute approximate surface area is 115 Å². The van der Waals surface area contributed by atoms with Crippen molar-refractivity contribution in [2.45, 2.75) is 39.3 Å². The van der Waals surface area contributed by atoms with Crippen LogP contribution in [-0.2, 0) is 0 Å². The van der Waals surface area contributed by atoms with Gasteiger partial charge in [-0.25, -0.2) is 0 Å². The van der Waals surface area contributed by atoms with E-state index in [1.807, 2.05) is 12.1 Å². The third-order valence-corrected chi connectivity index (χ3v) is 3.10. The Bertz CT molecular complexity index is 332. The summed E-state index contributed by atoms with van der Waals surface area (Å²) in [6.07, 6.45) is 0.0389. The number of rotatable bonds is 3. The van der Waals surface area contributed by atoms with E-state index in [1.165, 1.54) is 0 Å². The summed E-state index contributed by atoms with van der Waals surface area (Å²) in [5.41, 5.74) is 6.91. The van der Waals surface area contributed by atoms with Gasteiger partial charge in [0, 0.05) is 11.1 Å². The molecule has 0 aliphatic carbocycles. The SMILES string of the molecule is CC(C)(C)[C@H](N)C[C@H](O)c1ccc(Cl)cc1.Cl. The predicted octanol–water partition coefficient (Wildman–Crippen LogP) is 3.56. The molecule has 3 N–H and O–H groups in total. The monoisotopic (exact) mass is 277 g/mol. The molecule has 0 radical (unpaired) electrons. The van der Waals surface area contributed by atoms with Crippen LogP contribution in [-0.4, -0.2) is 11.1 Å². The molecule has 4 heteroatoms. The van der Waals surface area contributed by atoms with E-state index in [4.69, 9.17) is 17.3 Å². The van der Waals surface area contributed by atoms with Crippen molar-refractivity contribution in [1.29, 1.82) is 0 Å². The van der Waals surface area contributed by atoms with Crippen molar-refractivity contribution in [3.8, 4) is 0 Å². The lowest BCUT2D eigenvalue weighted by Crippen LogP contribution is -2.36. The Balaban J connectivity index is 0.00000256. The van der Waals surface area contributed by atoms with Crippen molar-refractivity contribution in [1.82, 2.24) is 0 Å². The molecule has 1 aromatic rings. The van der Waals surface area contributed by atoms with E-state index in [2.05, 4.69) is 20.8 Å². The van der Waals surface area contributed by atoms with E-state index in [1.54, 1.807) is 12.1 Å². The zero-order valence-corrected chi connectivity index (χ0v) is 12.1. The molecule has 0 aromatic heterocycles. The van der Waals surface area contributed by atoms with Gasteiger partial charge in [-0.15, -0.1) is 12.4 Å². The number of hydrogen-bond acceptors (Lipinski definition) is 2. The largest absolute Gasteiger partial charge is 0.388 e. The van der Waals surface area contributed by atoms with Gasteiger partial charge >= 0.3 is 0 Å². The first-order chi connectivity index (χ1) is 7.30. The molecule has 0 saturated heterocycles. The number of hydrogen-bond donors (Lipinski definition) is 2. The van der Waals surface area contributed by atoms with E-state index >= 15 is 0 Å². The smallest absolute Gasteiger partial charge is 0.0805 e. The van der Waals surface area contributed by atoms with Crippen molar-refractivity contribution in [2.24, 2.45) is 11.1 Å². The maximum absolute atomic E-state index is 10.0. The van der Waals surface area contributed by atoms with Crippen LogP contribution in [0, 0.1) is 5.41 Å². The summed E-state index contributed by atoms with van der Waals surface area (Å²) in [5.74, 6) is 0. The molecule has 17 heavy (non-hydrogen) atoms. The summed E-state index contributed by atoms with van der Waals surface area (Å²) < 4.78 is 0. The van der Waals surface area contributed by atoms with E-state index in [-0.39, 0.29) is 23.9 Å². The molecule has 2 atom stereocenters. The van der Waals surface area contributed by atoms with Crippen LogP contribution < -0.4 is 5.73 Å². The van der Waals surface area contributed by atoms with Gasteiger partial charge in [-0.05, 0) is 29.5 Å². The Hall–Kier alpha value is -0.280. The minimum atomic E-state index is -0.522. The minimum absolute atomic E-state index is 0. The van der Waals surface area contributed by atoms with E-state index in [0.29, 0.717) is 11.4 Å². The van der Waals surface area contributed by atoms with E-state index in [0.717, 1.165) is 5.56 Å². The zero-order valence-electron chi connectivity index (χ0n) is 10.5. The fourth-order valence-corrected chi connectivity index (χ4v) is 1.54. The number of benzene rings is 1. The van der Waals surface area contributed by atoms with Gasteiger partial charge in [0.15, 0.2) is 0 Å². The molecule has 1 aromatic carbocycles. The summed E-state index contributed by atoms with van der Waals surface area (Å²) in [5, 5.41) is 10.7. The molecule has 0 saturated carbocycles. The molecule has 0 bridgehead atoms. The highest BCUT2D eigenvalue weighted by Crippen LogP contribution is 2.27. The zero-order chi connectivity index (χ0) is 12.3. The molecule has 0 aliphatic rings. The van der Waals surface area contributed by atoms with Crippen LogP contribution in [0.3, 0.4) is 0 Å². The van der Waals surface area contributed by atoms with Gasteiger partial charge in [-0.1, -0.05) is 44.5 Å². The quantitative estimate of drug-likeness (QED) is 0.888. The standard InChI is InChI=1S/C13H20ClNO.ClH/c1-13(2,3)12(15)8-11(16)9-4-6-10(14)7-5-9;/h4-7,11-12,16H,8,15H2,1-3H3;1H/t11-,12+;/m0./s1. The molecule has 0 aliphatic heterocycles. The third kappa shape index (κ3) is 5.26. The minimum Gasteiger partial charge on any atom is -0.388 e. The summed E-state index contributed by atoms with van der Waals surface area (Å²) in [6.45, 7) is 6.23. The van der Waals surface area contributed by atoms with Crippen LogP contribution in [0.5, 0.6) is 0 Å². The Morgan fingerprint density at radius 2 is 1.71 bits per heavy atom. The summed E-state index contributed by atoms with van der Waals surface area (Å²) in [7, 11) is 0. The van der Waals surface area contributed by atoms with Crippen molar-refractivity contribution in [3.05, 3.63) is 34.9 Å². The van der Waals surface area contributed by atoms with Gasteiger partial charge in [-0.2, -0.15) is 0 Å². The first-order valence-corrected chi connectivity index (χ1v) is 5.87. The molecule has 1 rings (SSSR count). The lowest BCUT2D eigenvalue weighted by Gasteiger charge is -2.29. The van der Waals surface area contributed by atoms with Crippen LogP contribution in [0.4, 0.5) is 0 Å². The average molecular weight is 278 g/mol. The Morgan fingerprint density at radius 1 is 1.24 bits per heavy atom. The van der Waals surface area contributed by atoms with Gasteiger partial charge in [0.2, 0.25) is 0 Å². The van der Waals surface area contributed by atoms with Gasteiger partial charge in [0.25, 0.3) is 0 Å². The Morgan fingerprint density at radius 3 is 2.12 bits per heavy atom. The molecular weight excluding hydrogens is 257 g/mol. The normalized spacial score (nSPS) is 14.9. The van der Waals surface area contributed by atoms with E-state index < -0.39 is 6.10 Å². The molecule has 0 amide bonds. The summed E-state index contributed by atoms with van der Waals surface area (Å²) in [6, 6.07) is 7.20. The second-order valence-corrected chi connectivity index (χ2v) is 5.71. The predicted molar refractivity (Wildman–Crippen MR) is 75.7 cm³/mol. The summed E-state index contributed by atoms with van der Waals surface area (Å²) in [4.78, 5) is 0. The lowest BCUT2D eigenvalue weighted by atomic mass is 9.83. The van der Waals surface area contributed by atoms with Gasteiger partial charge < -0.3 is 10.8 Å². The fourth-order valence-electron chi connectivity index (χ4n) is 1.42.